The largest absolute Gasteiger partial charge is 0.506 e. The van der Waals surface area contributed by atoms with Crippen molar-refractivity contribution in [2.24, 2.45) is 0 Å². The molecular weight excluding hydrogens is 303 g/mol. The van der Waals surface area contributed by atoms with Crippen molar-refractivity contribution in [3.8, 4) is 6.07 Å². The zero-order valence-corrected chi connectivity index (χ0v) is 11.8. The van der Waals surface area contributed by atoms with Gasteiger partial charge in [0.2, 0.25) is 5.78 Å². The van der Waals surface area contributed by atoms with Gasteiger partial charge in [-0.1, -0.05) is 11.6 Å². The molecule has 0 spiro atoms. The minimum Gasteiger partial charge on any atom is -0.506 e. The Balaban J connectivity index is 3.58. The molecule has 0 aliphatic rings. The van der Waals surface area contributed by atoms with E-state index in [4.69, 9.17) is 16.9 Å². The van der Waals surface area contributed by atoms with Crippen molar-refractivity contribution >= 4 is 28.8 Å². The molecule has 0 unspecified atom stereocenters. The SMILES string of the molecule is CC(C)(F)C(=O)/C(C#N)=C(\O)c1ccc(Cl)cc1[N+](=O)[O-]. The summed E-state index contributed by atoms with van der Waals surface area (Å²) in [6.45, 7) is 1.83. The standard InChI is InChI=1S/C13H10ClFN2O4/c1-13(2,15)12(19)9(6-16)11(18)8-4-3-7(14)5-10(8)17(20)21/h3-5,18H,1-2H3/b11-9-. The van der Waals surface area contributed by atoms with Gasteiger partial charge in [0.1, 0.15) is 11.6 Å². The molecule has 0 aliphatic carbocycles. The number of hydrogen-bond acceptors (Lipinski definition) is 5. The number of nitrogens with zero attached hydrogens (tertiary/aromatic N) is 2. The van der Waals surface area contributed by atoms with Crippen LogP contribution in [0, 0.1) is 21.4 Å². The summed E-state index contributed by atoms with van der Waals surface area (Å²) in [5.41, 5.74) is -4.29. The van der Waals surface area contributed by atoms with E-state index >= 15 is 0 Å². The van der Waals surface area contributed by atoms with E-state index in [2.05, 4.69) is 0 Å². The number of nitro groups is 1. The van der Waals surface area contributed by atoms with Gasteiger partial charge in [0.15, 0.2) is 11.4 Å². The molecule has 1 aromatic carbocycles. The molecule has 0 heterocycles. The summed E-state index contributed by atoms with van der Waals surface area (Å²) in [5.74, 6) is -2.23. The number of carbonyl (C=O) groups is 1. The molecule has 0 saturated heterocycles. The van der Waals surface area contributed by atoms with Crippen molar-refractivity contribution in [1.29, 1.82) is 5.26 Å². The third-order valence-corrected chi connectivity index (χ3v) is 2.76. The summed E-state index contributed by atoms with van der Waals surface area (Å²) in [7, 11) is 0. The fourth-order valence-electron chi connectivity index (χ4n) is 1.50. The highest BCUT2D eigenvalue weighted by Crippen LogP contribution is 2.31. The monoisotopic (exact) mass is 312 g/mol. The van der Waals surface area contributed by atoms with Crippen molar-refractivity contribution < 1.29 is 19.2 Å². The van der Waals surface area contributed by atoms with E-state index in [9.17, 15) is 24.4 Å². The van der Waals surface area contributed by atoms with Crippen molar-refractivity contribution in [2.45, 2.75) is 19.5 Å². The molecule has 1 N–H and O–H groups in total. The van der Waals surface area contributed by atoms with E-state index in [1.807, 2.05) is 0 Å². The minimum absolute atomic E-state index is 0.0360. The highest BCUT2D eigenvalue weighted by molar-refractivity contribution is 6.30. The van der Waals surface area contributed by atoms with E-state index in [1.165, 1.54) is 12.1 Å². The number of halogens is 2. The lowest BCUT2D eigenvalue weighted by Crippen LogP contribution is -2.28. The number of hydrogen-bond donors (Lipinski definition) is 1. The molecule has 1 rings (SSSR count). The number of nitriles is 1. The first-order valence-corrected chi connectivity index (χ1v) is 5.98. The minimum atomic E-state index is -2.40. The predicted molar refractivity (Wildman–Crippen MR) is 73.5 cm³/mol. The summed E-state index contributed by atoms with van der Waals surface area (Å²) in [6, 6.07) is 4.63. The van der Waals surface area contributed by atoms with Crippen LogP contribution in [0.25, 0.3) is 5.76 Å². The van der Waals surface area contributed by atoms with E-state index in [0.717, 1.165) is 26.0 Å². The van der Waals surface area contributed by atoms with Crippen LogP contribution in [0.1, 0.15) is 19.4 Å². The van der Waals surface area contributed by atoms with Gasteiger partial charge < -0.3 is 5.11 Å². The molecular formula is C13H10ClFN2O4. The van der Waals surface area contributed by atoms with E-state index in [1.54, 1.807) is 0 Å². The quantitative estimate of drug-likeness (QED) is 0.302. The van der Waals surface area contributed by atoms with Gasteiger partial charge in [-0.05, 0) is 26.0 Å². The molecule has 0 atom stereocenters. The summed E-state index contributed by atoms with van der Waals surface area (Å²) < 4.78 is 13.6. The zero-order valence-electron chi connectivity index (χ0n) is 11.1. The normalized spacial score (nSPS) is 12.3. The first-order chi connectivity index (χ1) is 9.59. The van der Waals surface area contributed by atoms with Gasteiger partial charge in [-0.2, -0.15) is 5.26 Å². The Kier molecular flexibility index (Phi) is 4.66. The van der Waals surface area contributed by atoms with Gasteiger partial charge in [-0.15, -0.1) is 0 Å². The van der Waals surface area contributed by atoms with Gasteiger partial charge in [-0.25, -0.2) is 4.39 Å². The lowest BCUT2D eigenvalue weighted by atomic mass is 9.96. The molecule has 110 valence electrons. The number of benzene rings is 1. The molecule has 0 aliphatic heterocycles. The van der Waals surface area contributed by atoms with Crippen LogP contribution in [0.5, 0.6) is 0 Å². The Bertz CT molecular complexity index is 686. The van der Waals surface area contributed by atoms with Gasteiger partial charge >= 0.3 is 0 Å². The van der Waals surface area contributed by atoms with Crippen LogP contribution in [0.4, 0.5) is 10.1 Å². The Hall–Kier alpha value is -2.46. The Morgan fingerprint density at radius 1 is 1.52 bits per heavy atom. The fraction of sp³-hybridized carbons (Fsp3) is 0.231. The summed E-state index contributed by atoms with van der Waals surface area (Å²) in [6.07, 6.45) is 0. The maximum absolute atomic E-state index is 13.6. The van der Waals surface area contributed by atoms with E-state index < -0.39 is 39.0 Å². The number of alkyl halides is 1. The molecule has 6 nitrogen and oxygen atoms in total. The number of rotatable bonds is 4. The first kappa shape index (κ1) is 16.6. The molecule has 1 aromatic rings. The number of nitro benzene ring substituents is 1. The fourth-order valence-corrected chi connectivity index (χ4v) is 1.67. The molecule has 0 fully saturated rings. The lowest BCUT2D eigenvalue weighted by molar-refractivity contribution is -0.385. The van der Waals surface area contributed by atoms with E-state index in [-0.39, 0.29) is 5.02 Å². The number of ketones is 1. The lowest BCUT2D eigenvalue weighted by Gasteiger charge is -2.12. The molecule has 0 aromatic heterocycles. The second-order valence-corrected chi connectivity index (χ2v) is 4.99. The summed E-state index contributed by atoms with van der Waals surface area (Å²) in [4.78, 5) is 21.8. The van der Waals surface area contributed by atoms with Crippen LogP contribution in [0.2, 0.25) is 5.02 Å². The third-order valence-electron chi connectivity index (χ3n) is 2.53. The van der Waals surface area contributed by atoms with Crippen LogP contribution in [0.15, 0.2) is 23.8 Å². The number of aliphatic hydroxyl groups is 1. The van der Waals surface area contributed by atoms with Crippen LogP contribution in [-0.2, 0) is 4.79 Å². The Labute approximate surface area is 124 Å². The van der Waals surface area contributed by atoms with Crippen LogP contribution in [-0.4, -0.2) is 21.5 Å². The molecule has 8 heteroatoms. The topological polar surface area (TPSA) is 104 Å². The molecule has 0 radical (unpaired) electrons. The van der Waals surface area contributed by atoms with Gasteiger partial charge in [0, 0.05) is 11.1 Å². The van der Waals surface area contributed by atoms with Crippen LogP contribution in [0.3, 0.4) is 0 Å². The van der Waals surface area contributed by atoms with Crippen molar-refractivity contribution in [1.82, 2.24) is 0 Å². The molecule has 0 saturated carbocycles. The van der Waals surface area contributed by atoms with Crippen molar-refractivity contribution in [2.75, 3.05) is 0 Å². The third kappa shape index (κ3) is 3.55. The highest BCUT2D eigenvalue weighted by atomic mass is 35.5. The molecule has 21 heavy (non-hydrogen) atoms. The number of allylic oxidation sites excluding steroid dienone is 1. The second kappa shape index (κ2) is 5.89. The first-order valence-electron chi connectivity index (χ1n) is 5.61. The summed E-state index contributed by atoms with van der Waals surface area (Å²) >= 11 is 5.62. The zero-order chi connectivity index (χ0) is 16.4. The average molecular weight is 313 g/mol. The molecule has 0 amide bonds. The van der Waals surface area contributed by atoms with Crippen molar-refractivity contribution in [3.05, 3.63) is 44.5 Å². The van der Waals surface area contributed by atoms with Crippen LogP contribution < -0.4 is 0 Å². The van der Waals surface area contributed by atoms with E-state index in [0.29, 0.717) is 0 Å². The number of aliphatic hydroxyl groups excluding tert-OH is 1. The maximum Gasteiger partial charge on any atom is 0.281 e. The maximum atomic E-state index is 13.6. The van der Waals surface area contributed by atoms with Crippen LogP contribution >= 0.6 is 11.6 Å². The predicted octanol–water partition coefficient (Wildman–Crippen LogP) is 3.36. The number of Topliss-reactive ketones (excluding diaryl/α,β-unsaturated/α-hetero) is 1. The van der Waals surface area contributed by atoms with Gasteiger partial charge in [0.25, 0.3) is 5.69 Å². The Morgan fingerprint density at radius 3 is 2.52 bits per heavy atom. The summed E-state index contributed by atoms with van der Waals surface area (Å²) in [5, 5.41) is 29.8. The average Bonchev–Trinajstić information content (AvgIpc) is 2.37. The smallest absolute Gasteiger partial charge is 0.281 e. The second-order valence-electron chi connectivity index (χ2n) is 4.56. The number of carbonyl (C=O) groups excluding carboxylic acids is 1. The van der Waals surface area contributed by atoms with Crippen molar-refractivity contribution in [3.63, 3.8) is 0 Å². The molecule has 0 bridgehead atoms. The Morgan fingerprint density at radius 2 is 2.10 bits per heavy atom. The van der Waals surface area contributed by atoms with Gasteiger partial charge in [-0.3, -0.25) is 14.9 Å². The highest BCUT2D eigenvalue weighted by Gasteiger charge is 2.33. The van der Waals surface area contributed by atoms with Gasteiger partial charge in [0.05, 0.1) is 10.5 Å².